The zero-order chi connectivity index (χ0) is 24.3. The first kappa shape index (κ1) is 23.8. The third-order valence-corrected chi connectivity index (χ3v) is 6.93. The number of anilines is 1. The molecule has 0 bridgehead atoms. The number of carbonyl (C=O) groups is 4. The number of imide groups is 1. The molecule has 34 heavy (non-hydrogen) atoms. The molecule has 1 spiro atoms. The van der Waals surface area contributed by atoms with Crippen molar-refractivity contribution in [2.75, 3.05) is 18.4 Å². The molecule has 1 unspecified atom stereocenters. The van der Waals surface area contributed by atoms with Crippen molar-refractivity contribution in [2.45, 2.75) is 39.2 Å². The highest BCUT2D eigenvalue weighted by Gasteiger charge is 2.47. The van der Waals surface area contributed by atoms with E-state index in [0.717, 1.165) is 11.1 Å². The Morgan fingerprint density at radius 3 is 2.62 bits per heavy atom. The number of halogens is 1. The van der Waals surface area contributed by atoms with E-state index < -0.39 is 5.41 Å². The van der Waals surface area contributed by atoms with E-state index in [2.05, 4.69) is 16.0 Å². The number of carbonyl (C=O) groups excluding carboxylic acids is 4. The number of likely N-dealkylation sites (tertiary alicyclic amines) is 1. The number of hydrogen-bond donors (Lipinski definition) is 3. The van der Waals surface area contributed by atoms with Gasteiger partial charge < -0.3 is 15.5 Å². The average Bonchev–Trinajstić information content (AvgIpc) is 3.20. The van der Waals surface area contributed by atoms with Crippen LogP contribution in [0.2, 0.25) is 5.02 Å². The van der Waals surface area contributed by atoms with E-state index in [4.69, 9.17) is 11.6 Å². The highest BCUT2D eigenvalue weighted by molar-refractivity contribution is 6.31. The highest BCUT2D eigenvalue weighted by Crippen LogP contribution is 2.38. The van der Waals surface area contributed by atoms with Crippen molar-refractivity contribution < 1.29 is 19.2 Å². The minimum atomic E-state index is -0.680. The topological polar surface area (TPSA) is 108 Å². The summed E-state index contributed by atoms with van der Waals surface area (Å²) in [6.07, 6.45) is 2.15. The summed E-state index contributed by atoms with van der Waals surface area (Å²) in [5.74, 6) is -0.654. The number of hydrogen-bond acceptors (Lipinski definition) is 4. The van der Waals surface area contributed by atoms with Crippen LogP contribution in [0.3, 0.4) is 0 Å². The second kappa shape index (κ2) is 9.85. The first-order chi connectivity index (χ1) is 16.3. The van der Waals surface area contributed by atoms with Crippen molar-refractivity contribution >= 4 is 41.0 Å². The van der Waals surface area contributed by atoms with Gasteiger partial charge in [0.05, 0.1) is 5.41 Å². The van der Waals surface area contributed by atoms with E-state index in [0.29, 0.717) is 61.6 Å². The minimum absolute atomic E-state index is 0.145. The van der Waals surface area contributed by atoms with Crippen molar-refractivity contribution in [3.05, 3.63) is 64.2 Å². The molecular weight excluding hydrogens is 456 g/mol. The average molecular weight is 483 g/mol. The number of rotatable bonds is 4. The van der Waals surface area contributed by atoms with Gasteiger partial charge in [-0.05, 0) is 61.6 Å². The second-order valence-corrected chi connectivity index (χ2v) is 9.36. The molecule has 2 aromatic carbocycles. The van der Waals surface area contributed by atoms with Gasteiger partial charge in [-0.25, -0.2) is 4.79 Å². The Balaban J connectivity index is 1.31. The molecule has 0 aromatic heterocycles. The number of urea groups is 1. The second-order valence-electron chi connectivity index (χ2n) is 8.96. The van der Waals surface area contributed by atoms with Crippen molar-refractivity contribution in [3.63, 3.8) is 0 Å². The molecule has 2 heterocycles. The van der Waals surface area contributed by atoms with Crippen LogP contribution >= 0.6 is 11.6 Å². The van der Waals surface area contributed by atoms with Gasteiger partial charge in [-0.1, -0.05) is 29.8 Å². The van der Waals surface area contributed by atoms with Gasteiger partial charge in [0, 0.05) is 42.3 Å². The van der Waals surface area contributed by atoms with Crippen molar-refractivity contribution in [1.29, 1.82) is 0 Å². The molecule has 2 saturated heterocycles. The lowest BCUT2D eigenvalue weighted by molar-refractivity contribution is -0.135. The lowest BCUT2D eigenvalue weighted by atomic mass is 9.82. The summed E-state index contributed by atoms with van der Waals surface area (Å²) in [6, 6.07) is 12.0. The fraction of sp³-hybridized carbons (Fsp3) is 0.360. The Kier molecular flexibility index (Phi) is 6.88. The van der Waals surface area contributed by atoms with Crippen molar-refractivity contribution in [3.8, 4) is 0 Å². The van der Waals surface area contributed by atoms with E-state index >= 15 is 0 Å². The van der Waals surface area contributed by atoms with Crippen LogP contribution in [0.1, 0.15) is 47.2 Å². The Morgan fingerprint density at radius 1 is 1.12 bits per heavy atom. The lowest BCUT2D eigenvalue weighted by Crippen LogP contribution is -2.43. The molecular formula is C25H27ClN4O4. The molecule has 2 fully saturated rings. The zero-order valence-electron chi connectivity index (χ0n) is 18.9. The maximum atomic E-state index is 13.0. The third kappa shape index (κ3) is 5.22. The molecule has 2 aromatic rings. The van der Waals surface area contributed by atoms with Crippen LogP contribution in [0.25, 0.3) is 0 Å². The number of amides is 5. The van der Waals surface area contributed by atoms with Gasteiger partial charge in [0.25, 0.3) is 5.91 Å². The quantitative estimate of drug-likeness (QED) is 0.578. The van der Waals surface area contributed by atoms with Gasteiger partial charge in [0.15, 0.2) is 0 Å². The van der Waals surface area contributed by atoms with E-state index in [1.807, 2.05) is 13.0 Å². The zero-order valence-corrected chi connectivity index (χ0v) is 19.7. The van der Waals surface area contributed by atoms with E-state index in [1.54, 1.807) is 41.3 Å². The smallest absolute Gasteiger partial charge is 0.319 e. The van der Waals surface area contributed by atoms with Gasteiger partial charge in [0.2, 0.25) is 11.8 Å². The van der Waals surface area contributed by atoms with Crippen LogP contribution in [0.4, 0.5) is 10.5 Å². The molecule has 178 valence electrons. The van der Waals surface area contributed by atoms with E-state index in [-0.39, 0.29) is 23.8 Å². The number of benzene rings is 2. The number of nitrogens with one attached hydrogen (secondary N) is 3. The molecule has 8 nitrogen and oxygen atoms in total. The molecule has 0 radical (unpaired) electrons. The summed E-state index contributed by atoms with van der Waals surface area (Å²) >= 11 is 6.08. The number of aryl methyl sites for hydroxylation is 1. The first-order valence-corrected chi connectivity index (χ1v) is 11.7. The van der Waals surface area contributed by atoms with Gasteiger partial charge in [0.1, 0.15) is 0 Å². The lowest BCUT2D eigenvalue weighted by Gasteiger charge is -2.25. The molecule has 9 heteroatoms. The molecule has 4 rings (SSSR count). The highest BCUT2D eigenvalue weighted by atomic mass is 35.5. The summed E-state index contributed by atoms with van der Waals surface area (Å²) in [5, 5.41) is 8.56. The Hall–Kier alpha value is -3.39. The van der Waals surface area contributed by atoms with Crippen LogP contribution in [0.15, 0.2) is 42.5 Å². The summed E-state index contributed by atoms with van der Waals surface area (Å²) in [4.78, 5) is 51.1. The maximum absolute atomic E-state index is 13.0. The van der Waals surface area contributed by atoms with Gasteiger partial charge in [-0.15, -0.1) is 0 Å². The normalized spacial score (nSPS) is 20.1. The van der Waals surface area contributed by atoms with Crippen molar-refractivity contribution in [1.82, 2.24) is 15.5 Å². The van der Waals surface area contributed by atoms with Crippen LogP contribution in [-0.2, 0) is 16.1 Å². The van der Waals surface area contributed by atoms with Crippen LogP contribution in [0, 0.1) is 12.3 Å². The maximum Gasteiger partial charge on any atom is 0.319 e. The first-order valence-electron chi connectivity index (χ1n) is 11.3. The molecule has 5 amide bonds. The minimum Gasteiger partial charge on any atom is -0.338 e. The third-order valence-electron chi connectivity index (χ3n) is 6.52. The predicted octanol–water partition coefficient (Wildman–Crippen LogP) is 3.63. The molecule has 2 aliphatic rings. The molecule has 0 saturated carbocycles. The Morgan fingerprint density at radius 2 is 1.88 bits per heavy atom. The summed E-state index contributed by atoms with van der Waals surface area (Å²) < 4.78 is 0. The van der Waals surface area contributed by atoms with Gasteiger partial charge >= 0.3 is 6.03 Å². The standard InChI is InChI=1S/C25H27ClN4O4/c1-16-4-9-19(13-20(16)26)28-24(34)27-14-17-5-7-18(8-6-17)22(32)30-12-11-25(15-30)10-2-3-21(31)29-23(25)33/h4-9,13H,2-3,10-12,14-15H2,1H3,(H2,27,28,34)(H,29,31,33). The summed E-state index contributed by atoms with van der Waals surface area (Å²) in [5.41, 5.74) is 2.21. The van der Waals surface area contributed by atoms with Crippen LogP contribution < -0.4 is 16.0 Å². The van der Waals surface area contributed by atoms with E-state index in [9.17, 15) is 19.2 Å². The molecule has 2 aliphatic heterocycles. The predicted molar refractivity (Wildman–Crippen MR) is 128 cm³/mol. The van der Waals surface area contributed by atoms with Crippen LogP contribution in [-0.4, -0.2) is 41.7 Å². The monoisotopic (exact) mass is 482 g/mol. The van der Waals surface area contributed by atoms with Crippen LogP contribution in [0.5, 0.6) is 0 Å². The SMILES string of the molecule is Cc1ccc(NC(=O)NCc2ccc(C(=O)N3CCC4(CCCC(=O)NC4=O)C3)cc2)cc1Cl. The molecule has 3 N–H and O–H groups in total. The van der Waals surface area contributed by atoms with Gasteiger partial charge in [-0.3, -0.25) is 19.7 Å². The van der Waals surface area contributed by atoms with E-state index in [1.165, 1.54) is 0 Å². The Bertz CT molecular complexity index is 1130. The fourth-order valence-electron chi connectivity index (χ4n) is 4.43. The summed E-state index contributed by atoms with van der Waals surface area (Å²) in [6.45, 7) is 2.98. The largest absolute Gasteiger partial charge is 0.338 e. The summed E-state index contributed by atoms with van der Waals surface area (Å²) in [7, 11) is 0. The molecule has 1 atom stereocenters. The Labute approximate surface area is 203 Å². The van der Waals surface area contributed by atoms with Gasteiger partial charge in [-0.2, -0.15) is 0 Å². The fourth-order valence-corrected chi connectivity index (χ4v) is 4.61. The van der Waals surface area contributed by atoms with Crippen molar-refractivity contribution in [2.24, 2.45) is 5.41 Å². The molecule has 0 aliphatic carbocycles. The number of nitrogens with zero attached hydrogens (tertiary/aromatic N) is 1.